The van der Waals surface area contributed by atoms with Gasteiger partial charge in [-0.3, -0.25) is 0 Å². The number of fused-ring (bicyclic) bond motifs is 10. The normalized spacial score (nSPS) is 12.4. The summed E-state index contributed by atoms with van der Waals surface area (Å²) in [4.78, 5) is 0. The molecule has 286 valence electrons. The van der Waals surface area contributed by atoms with Crippen LogP contribution in [0.5, 0.6) is 0 Å². The monoisotopic (exact) mass is 810 g/mol. The zero-order valence-electron chi connectivity index (χ0n) is 33.6. The third-order valence-electron chi connectivity index (χ3n) is 12.6. The fourth-order valence-electron chi connectivity index (χ4n) is 9.92. The summed E-state index contributed by atoms with van der Waals surface area (Å²) in [5.74, 6) is 0. The Morgan fingerprint density at radius 3 is 1.25 bits per heavy atom. The van der Waals surface area contributed by atoms with E-state index in [0.29, 0.717) is 0 Å². The van der Waals surface area contributed by atoms with E-state index in [1.807, 2.05) is 28.7 Å². The van der Waals surface area contributed by atoms with E-state index in [1.165, 1.54) is 122 Å². The van der Waals surface area contributed by atoms with Crippen LogP contribution in [0, 0.1) is 0 Å². The van der Waals surface area contributed by atoms with Gasteiger partial charge in [0.1, 0.15) is 0 Å². The fourth-order valence-corrected chi connectivity index (χ4v) is 12.1. The van der Waals surface area contributed by atoms with Crippen LogP contribution >= 0.6 is 22.7 Å². The van der Waals surface area contributed by atoms with Gasteiger partial charge in [0.15, 0.2) is 0 Å². The van der Waals surface area contributed by atoms with Crippen molar-refractivity contribution >= 4 is 112 Å². The van der Waals surface area contributed by atoms with Crippen LogP contribution in [0.15, 0.2) is 207 Å². The molecule has 0 aliphatic carbocycles. The van der Waals surface area contributed by atoms with Crippen molar-refractivity contribution in [2.45, 2.75) is 6.92 Å². The predicted molar refractivity (Wildman–Crippen MR) is 272 cm³/mol. The first kappa shape index (κ1) is 35.8. The summed E-state index contributed by atoms with van der Waals surface area (Å²) in [6.07, 6.45) is 8.33. The van der Waals surface area contributed by atoms with E-state index >= 15 is 0 Å². The second-order valence-electron chi connectivity index (χ2n) is 15.9. The van der Waals surface area contributed by atoms with Gasteiger partial charge in [-0.2, -0.15) is 0 Å². The molecule has 0 bridgehead atoms. The second-order valence-corrected chi connectivity index (χ2v) is 18.0. The third kappa shape index (κ3) is 5.57. The summed E-state index contributed by atoms with van der Waals surface area (Å²) < 4.78 is 5.26. The molecule has 10 aromatic carbocycles. The molecule has 0 nitrogen and oxygen atoms in total. The average molecular weight is 811 g/mol. The minimum atomic E-state index is 1.12. The molecular weight excluding hydrogens is 773 g/mol. The molecule has 12 aromatic rings. The number of benzene rings is 10. The van der Waals surface area contributed by atoms with E-state index in [9.17, 15) is 0 Å². The molecule has 61 heavy (non-hydrogen) atoms. The van der Waals surface area contributed by atoms with Crippen LogP contribution in [0.2, 0.25) is 0 Å². The highest BCUT2D eigenvalue weighted by Crippen LogP contribution is 2.48. The number of hydrogen-bond donors (Lipinski definition) is 0. The van der Waals surface area contributed by atoms with Gasteiger partial charge in [0.2, 0.25) is 0 Å². The maximum Gasteiger partial charge on any atom is 0.0361 e. The molecule has 0 spiro atoms. The van der Waals surface area contributed by atoms with Crippen LogP contribution in [-0.2, 0) is 0 Å². The minimum absolute atomic E-state index is 1.12. The maximum atomic E-state index is 4.23. The summed E-state index contributed by atoms with van der Waals surface area (Å²) in [7, 11) is 0. The molecule has 0 amide bonds. The van der Waals surface area contributed by atoms with Gasteiger partial charge in [-0.05, 0) is 131 Å². The molecule has 2 aromatic heterocycles. The Morgan fingerprint density at radius 1 is 0.377 bits per heavy atom. The van der Waals surface area contributed by atoms with Crippen molar-refractivity contribution in [2.75, 3.05) is 0 Å². The SMILES string of the molecule is C=C/C(=C\C=C/C)c1c2ccccc2c(-c2ccc3sc4cc(-c5c6ccccc6c(-c6ccc7sc8ccccc8c7c6)c6ccccc56)ccc4c3c2)c2ccccc12. The summed E-state index contributed by atoms with van der Waals surface area (Å²) in [5, 5.41) is 15.3. The van der Waals surface area contributed by atoms with E-state index in [4.69, 9.17) is 0 Å². The van der Waals surface area contributed by atoms with Crippen LogP contribution < -0.4 is 0 Å². The molecule has 0 N–H and O–H groups in total. The molecule has 2 heteroatoms. The first-order chi connectivity index (χ1) is 30.2. The molecule has 12 rings (SSSR count). The molecule has 0 radical (unpaired) electrons. The Labute approximate surface area is 362 Å². The summed E-state index contributed by atoms with van der Waals surface area (Å²) in [6.45, 7) is 6.28. The summed E-state index contributed by atoms with van der Waals surface area (Å²) in [5.41, 5.74) is 9.93. The van der Waals surface area contributed by atoms with Crippen LogP contribution in [0.25, 0.3) is 122 Å². The zero-order chi connectivity index (χ0) is 40.6. The Bertz CT molecular complexity index is 3730. The Morgan fingerprint density at radius 2 is 0.754 bits per heavy atom. The van der Waals surface area contributed by atoms with Crippen molar-refractivity contribution < 1.29 is 0 Å². The topological polar surface area (TPSA) is 0 Å². The highest BCUT2D eigenvalue weighted by atomic mass is 32.1. The van der Waals surface area contributed by atoms with Gasteiger partial charge in [0.25, 0.3) is 0 Å². The molecule has 0 unspecified atom stereocenters. The minimum Gasteiger partial charge on any atom is -0.135 e. The molecule has 0 atom stereocenters. The average Bonchev–Trinajstić information content (AvgIpc) is 3.87. The lowest BCUT2D eigenvalue weighted by atomic mass is 9.85. The maximum absolute atomic E-state index is 4.23. The van der Waals surface area contributed by atoms with Crippen molar-refractivity contribution in [1.29, 1.82) is 0 Å². The van der Waals surface area contributed by atoms with Crippen molar-refractivity contribution in [3.05, 3.63) is 212 Å². The largest absolute Gasteiger partial charge is 0.135 e. The van der Waals surface area contributed by atoms with Crippen LogP contribution in [0.3, 0.4) is 0 Å². The van der Waals surface area contributed by atoms with Gasteiger partial charge in [-0.25, -0.2) is 0 Å². The molecule has 0 aliphatic heterocycles. The van der Waals surface area contributed by atoms with Crippen molar-refractivity contribution in [2.24, 2.45) is 0 Å². The Kier molecular flexibility index (Phi) is 8.38. The van der Waals surface area contributed by atoms with Gasteiger partial charge < -0.3 is 0 Å². The fraction of sp³-hybridized carbons (Fsp3) is 0.0169. The standard InChI is InChI=1S/C59H38S2/c1-3-5-16-36(4-2)56-42-18-6-8-20-44(42)57(45-21-9-7-19-43(45)56)38-29-32-54-51(34-38)41-30-27-39(35-55(41)61-54)59-48-24-12-10-22-46(48)58(47-23-11-13-25-49(47)59)37-28-31-53-50(33-37)40-17-14-15-26-52(40)60-53/h3-35H,2H2,1H3/b5-3-,36-16+. The predicted octanol–water partition coefficient (Wildman–Crippen LogP) is 18.2. The quantitative estimate of drug-likeness (QED) is 0.116. The van der Waals surface area contributed by atoms with E-state index in [-0.39, 0.29) is 0 Å². The number of rotatable bonds is 6. The van der Waals surface area contributed by atoms with Crippen molar-refractivity contribution in [1.82, 2.24) is 0 Å². The van der Waals surface area contributed by atoms with Gasteiger partial charge >= 0.3 is 0 Å². The molecule has 0 fully saturated rings. The van der Waals surface area contributed by atoms with E-state index in [1.54, 1.807) is 0 Å². The zero-order valence-corrected chi connectivity index (χ0v) is 35.2. The third-order valence-corrected chi connectivity index (χ3v) is 14.8. The highest BCUT2D eigenvalue weighted by molar-refractivity contribution is 7.26. The van der Waals surface area contributed by atoms with E-state index in [2.05, 4.69) is 208 Å². The number of hydrogen-bond acceptors (Lipinski definition) is 2. The molecule has 0 saturated carbocycles. The van der Waals surface area contributed by atoms with Gasteiger partial charge in [0, 0.05) is 40.3 Å². The highest BCUT2D eigenvalue weighted by Gasteiger charge is 2.20. The van der Waals surface area contributed by atoms with E-state index in [0.717, 1.165) is 5.57 Å². The lowest BCUT2D eigenvalue weighted by molar-refractivity contribution is 1.68. The first-order valence-corrected chi connectivity index (χ1v) is 22.5. The smallest absolute Gasteiger partial charge is 0.0361 e. The van der Waals surface area contributed by atoms with Gasteiger partial charge in [-0.15, -0.1) is 22.7 Å². The lowest BCUT2D eigenvalue weighted by Gasteiger charge is -2.18. The lowest BCUT2D eigenvalue weighted by Crippen LogP contribution is -1.92. The van der Waals surface area contributed by atoms with Crippen molar-refractivity contribution in [3.8, 4) is 33.4 Å². The van der Waals surface area contributed by atoms with Crippen LogP contribution in [-0.4, -0.2) is 0 Å². The van der Waals surface area contributed by atoms with Crippen LogP contribution in [0.1, 0.15) is 12.5 Å². The number of allylic oxidation sites excluding steroid dienone is 5. The Hall–Kier alpha value is -7.10. The molecule has 0 saturated heterocycles. The Balaban J connectivity index is 1.04. The summed E-state index contributed by atoms with van der Waals surface area (Å²) >= 11 is 3.76. The molecule has 2 heterocycles. The number of thiophene rings is 2. The first-order valence-electron chi connectivity index (χ1n) is 20.9. The van der Waals surface area contributed by atoms with Crippen molar-refractivity contribution in [3.63, 3.8) is 0 Å². The van der Waals surface area contributed by atoms with Crippen LogP contribution in [0.4, 0.5) is 0 Å². The van der Waals surface area contributed by atoms with Gasteiger partial charge in [0.05, 0.1) is 0 Å². The van der Waals surface area contributed by atoms with Gasteiger partial charge in [-0.1, -0.05) is 170 Å². The van der Waals surface area contributed by atoms with E-state index < -0.39 is 0 Å². The molecule has 0 aliphatic rings. The second kappa shape index (κ2) is 14.3. The molecular formula is C59H38S2. The summed E-state index contributed by atoms with van der Waals surface area (Å²) in [6, 6.07) is 65.8.